The molecule has 0 spiro atoms. The number of carbonyl (C=O) groups excluding carboxylic acids is 7. The monoisotopic (exact) mass is 1060 g/mol. The van der Waals surface area contributed by atoms with Crippen molar-refractivity contribution in [2.24, 2.45) is 11.8 Å². The summed E-state index contributed by atoms with van der Waals surface area (Å²) in [6.07, 6.45) is -2.45. The molecule has 284 valence electrons. The molecular formula is C32H42I3N3O13. The summed E-state index contributed by atoms with van der Waals surface area (Å²) >= 11 is 5.73. The van der Waals surface area contributed by atoms with Gasteiger partial charge in [-0.2, -0.15) is 0 Å². The van der Waals surface area contributed by atoms with Gasteiger partial charge in [-0.05, 0) is 67.8 Å². The van der Waals surface area contributed by atoms with E-state index in [4.69, 9.17) is 28.4 Å². The van der Waals surface area contributed by atoms with Gasteiger partial charge in [0.25, 0.3) is 11.8 Å². The average Bonchev–Trinajstić information content (AvgIpc) is 3.03. The Labute approximate surface area is 337 Å². The molecule has 0 saturated carbocycles. The minimum Gasteiger partial charge on any atom is -0.462 e. The van der Waals surface area contributed by atoms with Gasteiger partial charge in [-0.3, -0.25) is 33.6 Å². The molecule has 1 heterocycles. The van der Waals surface area contributed by atoms with E-state index in [9.17, 15) is 33.6 Å². The summed E-state index contributed by atoms with van der Waals surface area (Å²) < 4.78 is 32.9. The summed E-state index contributed by atoms with van der Waals surface area (Å²) in [5, 5.41) is 2.87. The van der Waals surface area contributed by atoms with Gasteiger partial charge in [0.05, 0.1) is 56.2 Å². The quantitative estimate of drug-likeness (QED) is 0.153. The van der Waals surface area contributed by atoms with Gasteiger partial charge < -0.3 is 43.5 Å². The lowest BCUT2D eigenvalue weighted by Gasteiger charge is -2.31. The second-order valence-electron chi connectivity index (χ2n) is 12.0. The predicted molar refractivity (Wildman–Crippen MR) is 206 cm³/mol. The average molecular weight is 1060 g/mol. The minimum atomic E-state index is -0.998. The largest absolute Gasteiger partial charge is 0.462 e. The number of hydrogen-bond donors (Lipinski definition) is 1. The number of hydrogen-bond acceptors (Lipinski definition) is 13. The first-order chi connectivity index (χ1) is 23.7. The molecule has 0 radical (unpaired) electrons. The third-order valence-corrected chi connectivity index (χ3v) is 10.3. The molecule has 0 aromatic heterocycles. The van der Waals surface area contributed by atoms with Crippen LogP contribution in [0.5, 0.6) is 0 Å². The molecule has 1 saturated heterocycles. The van der Waals surface area contributed by atoms with Gasteiger partial charge in [-0.1, -0.05) is 13.8 Å². The van der Waals surface area contributed by atoms with Crippen molar-refractivity contribution in [3.05, 3.63) is 21.8 Å². The van der Waals surface area contributed by atoms with E-state index >= 15 is 0 Å². The zero-order valence-corrected chi connectivity index (χ0v) is 35.9. The first-order valence-corrected chi connectivity index (χ1v) is 18.8. The Morgan fingerprint density at radius 1 is 0.706 bits per heavy atom. The molecule has 1 aromatic carbocycles. The van der Waals surface area contributed by atoms with Crippen LogP contribution in [0, 0.1) is 22.5 Å². The zero-order valence-electron chi connectivity index (χ0n) is 29.5. The highest BCUT2D eigenvalue weighted by Gasteiger charge is 2.35. The SMILES string of the molecule is CC(=O)OCC(CN(C)C(=O)c1c(I)c(NC(=O)C2COC(C(C)C)OC2)c(I)c(C(=O)N(C)CC(COC(C)=O)OC(C)=O)c1I)OC(C)=O. The number of anilines is 1. The molecule has 0 aliphatic carbocycles. The highest BCUT2D eigenvalue weighted by atomic mass is 127. The lowest BCUT2D eigenvalue weighted by Crippen LogP contribution is -2.42. The number of esters is 4. The molecule has 0 bridgehead atoms. The van der Waals surface area contributed by atoms with Crippen LogP contribution < -0.4 is 5.32 Å². The summed E-state index contributed by atoms with van der Waals surface area (Å²) in [6.45, 7) is 7.84. The van der Waals surface area contributed by atoms with Gasteiger partial charge in [0.2, 0.25) is 5.91 Å². The number of amides is 3. The zero-order chi connectivity index (χ0) is 38.7. The Kier molecular flexibility index (Phi) is 18.2. The summed E-state index contributed by atoms with van der Waals surface area (Å²) in [7, 11) is 2.90. The Balaban J connectivity index is 2.61. The number of ether oxygens (including phenoxy) is 6. The highest BCUT2D eigenvalue weighted by molar-refractivity contribution is 14.1. The van der Waals surface area contributed by atoms with Gasteiger partial charge in [0.1, 0.15) is 13.2 Å². The molecule has 51 heavy (non-hydrogen) atoms. The Morgan fingerprint density at radius 2 is 1.10 bits per heavy atom. The van der Waals surface area contributed by atoms with E-state index in [0.29, 0.717) is 7.14 Å². The standard InChI is InChI=1S/C32H42I3N3O13/c1-15(2)32-48-11-20(12-49-32)29(43)36-28-26(34)23(30(44)37(7)9-21(50-18(5)41)13-46-16(3)39)25(33)24(27(28)35)31(45)38(8)10-22(51-19(6)42)14-47-17(4)40/h15,20-22,32H,9-14H2,1-8H3,(H,36,43). The van der Waals surface area contributed by atoms with Gasteiger partial charge in [-0.15, -0.1) is 0 Å². The maximum Gasteiger partial charge on any atom is 0.303 e. The third-order valence-electron chi connectivity index (χ3n) is 7.09. The summed E-state index contributed by atoms with van der Waals surface area (Å²) in [5.41, 5.74) is 0.314. The van der Waals surface area contributed by atoms with Gasteiger partial charge >= 0.3 is 23.9 Å². The molecule has 2 rings (SSSR count). The minimum absolute atomic E-state index is 0.0627. The van der Waals surface area contributed by atoms with Crippen molar-refractivity contribution in [1.82, 2.24) is 9.80 Å². The van der Waals surface area contributed by atoms with Crippen molar-refractivity contribution in [3.8, 4) is 0 Å². The van der Waals surface area contributed by atoms with E-state index in [1.165, 1.54) is 51.6 Å². The lowest BCUT2D eigenvalue weighted by molar-refractivity contribution is -0.217. The van der Waals surface area contributed by atoms with E-state index in [2.05, 4.69) is 5.32 Å². The van der Waals surface area contributed by atoms with Crippen LogP contribution in [-0.4, -0.2) is 124 Å². The number of likely N-dealkylation sites (N-methyl/N-ethyl adjacent to an activating group) is 2. The molecule has 1 aromatic rings. The molecule has 1 aliphatic rings. The topological polar surface area (TPSA) is 193 Å². The van der Waals surface area contributed by atoms with Crippen molar-refractivity contribution in [2.45, 2.75) is 60.0 Å². The van der Waals surface area contributed by atoms with Crippen LogP contribution in [0.2, 0.25) is 0 Å². The molecule has 2 atom stereocenters. The number of benzene rings is 1. The first-order valence-electron chi connectivity index (χ1n) is 15.6. The molecule has 16 nitrogen and oxygen atoms in total. The van der Waals surface area contributed by atoms with Crippen LogP contribution in [0.3, 0.4) is 0 Å². The third kappa shape index (κ3) is 13.5. The second-order valence-corrected chi connectivity index (χ2v) is 15.2. The number of nitrogens with zero attached hydrogens (tertiary/aromatic N) is 2. The van der Waals surface area contributed by atoms with Gasteiger partial charge in [0, 0.05) is 51.3 Å². The summed E-state index contributed by atoms with van der Waals surface area (Å²) in [6, 6.07) is 0. The number of nitrogens with one attached hydrogen (secondary N) is 1. The maximum absolute atomic E-state index is 14.2. The van der Waals surface area contributed by atoms with Crippen molar-refractivity contribution >= 4 is 115 Å². The maximum atomic E-state index is 14.2. The lowest BCUT2D eigenvalue weighted by atomic mass is 10.0. The van der Waals surface area contributed by atoms with Crippen molar-refractivity contribution in [2.75, 3.05) is 58.9 Å². The van der Waals surface area contributed by atoms with Crippen LogP contribution in [0.15, 0.2) is 0 Å². The summed E-state index contributed by atoms with van der Waals surface area (Å²) in [5.74, 6) is -4.76. The van der Waals surface area contributed by atoms with Gasteiger partial charge in [0.15, 0.2) is 18.5 Å². The Hall–Kier alpha value is -2.38. The fourth-order valence-electron chi connectivity index (χ4n) is 4.73. The van der Waals surface area contributed by atoms with Crippen molar-refractivity contribution in [3.63, 3.8) is 0 Å². The normalized spacial score (nSPS) is 16.7. The highest BCUT2D eigenvalue weighted by Crippen LogP contribution is 2.37. The number of halogens is 3. The molecule has 3 amide bonds. The van der Waals surface area contributed by atoms with Crippen LogP contribution in [-0.2, 0) is 52.4 Å². The smallest absolute Gasteiger partial charge is 0.303 e. The molecule has 19 heteroatoms. The van der Waals surface area contributed by atoms with E-state index in [0.717, 1.165) is 0 Å². The van der Waals surface area contributed by atoms with Crippen molar-refractivity contribution < 1.29 is 62.0 Å². The number of rotatable bonds is 15. The van der Waals surface area contributed by atoms with Crippen LogP contribution >= 0.6 is 67.8 Å². The van der Waals surface area contributed by atoms with Crippen LogP contribution in [0.1, 0.15) is 62.3 Å². The fourth-order valence-corrected chi connectivity index (χ4v) is 9.08. The first kappa shape index (κ1) is 44.8. The van der Waals surface area contributed by atoms with Crippen molar-refractivity contribution in [1.29, 1.82) is 0 Å². The fraction of sp³-hybridized carbons (Fsp3) is 0.594. The molecule has 1 N–H and O–H groups in total. The molecule has 2 unspecified atom stereocenters. The van der Waals surface area contributed by atoms with Crippen LogP contribution in [0.4, 0.5) is 5.69 Å². The van der Waals surface area contributed by atoms with E-state index < -0.39 is 66.0 Å². The predicted octanol–water partition coefficient (Wildman–Crippen LogP) is 3.22. The molecule has 1 aliphatic heterocycles. The summed E-state index contributed by atoms with van der Waals surface area (Å²) in [4.78, 5) is 90.8. The van der Waals surface area contributed by atoms with E-state index in [-0.39, 0.29) is 65.8 Å². The number of carbonyl (C=O) groups is 7. The molecular weight excluding hydrogens is 1020 g/mol. The van der Waals surface area contributed by atoms with E-state index in [1.807, 2.05) is 81.6 Å². The van der Waals surface area contributed by atoms with Gasteiger partial charge in [-0.25, -0.2) is 0 Å². The van der Waals surface area contributed by atoms with Crippen LogP contribution in [0.25, 0.3) is 0 Å². The Morgan fingerprint density at radius 3 is 1.43 bits per heavy atom. The van der Waals surface area contributed by atoms with E-state index in [1.54, 1.807) is 0 Å². The molecule has 1 fully saturated rings. The Bertz CT molecular complexity index is 1410. The second kappa shape index (κ2) is 20.8.